The molecule has 1 saturated carbocycles. The standard InChI is InChI=1S/C16H24N2O/c17-14-5-3-13(4-6-14)12-18(15-7-8-15)10-9-16-2-1-11-19-16/h3-6,15-16H,1-2,7-12,17H2. The zero-order valence-electron chi connectivity index (χ0n) is 11.6. The van der Waals surface area contributed by atoms with E-state index in [0.29, 0.717) is 6.10 Å². The summed E-state index contributed by atoms with van der Waals surface area (Å²) in [5.41, 5.74) is 7.96. The maximum absolute atomic E-state index is 5.74. The van der Waals surface area contributed by atoms with Gasteiger partial charge in [0.15, 0.2) is 0 Å². The normalized spacial score (nSPS) is 23.1. The molecule has 1 atom stereocenters. The smallest absolute Gasteiger partial charge is 0.0588 e. The van der Waals surface area contributed by atoms with Crippen molar-refractivity contribution in [1.29, 1.82) is 0 Å². The summed E-state index contributed by atoms with van der Waals surface area (Å²) in [6.45, 7) is 3.18. The Labute approximate surface area is 115 Å². The number of anilines is 1. The second-order valence-electron chi connectivity index (χ2n) is 5.87. The molecule has 0 radical (unpaired) electrons. The molecule has 0 aromatic heterocycles. The van der Waals surface area contributed by atoms with Gasteiger partial charge in [0, 0.05) is 31.4 Å². The van der Waals surface area contributed by atoms with Crippen LogP contribution < -0.4 is 5.73 Å². The van der Waals surface area contributed by atoms with Crippen LogP contribution in [0.25, 0.3) is 0 Å². The molecule has 0 bridgehead atoms. The van der Waals surface area contributed by atoms with Crippen LogP contribution in [0.2, 0.25) is 0 Å². The predicted molar refractivity (Wildman–Crippen MR) is 77.9 cm³/mol. The lowest BCUT2D eigenvalue weighted by Crippen LogP contribution is -2.29. The number of ether oxygens (including phenoxy) is 1. The van der Waals surface area contributed by atoms with Crippen molar-refractivity contribution in [3.05, 3.63) is 29.8 Å². The molecular formula is C16H24N2O. The SMILES string of the molecule is Nc1ccc(CN(CCC2CCCO2)C2CC2)cc1. The van der Waals surface area contributed by atoms with Crippen molar-refractivity contribution in [3.8, 4) is 0 Å². The lowest BCUT2D eigenvalue weighted by atomic mass is 10.1. The summed E-state index contributed by atoms with van der Waals surface area (Å²) in [5.74, 6) is 0. The van der Waals surface area contributed by atoms with Crippen molar-refractivity contribution in [2.75, 3.05) is 18.9 Å². The van der Waals surface area contributed by atoms with Crippen molar-refractivity contribution in [2.24, 2.45) is 0 Å². The second kappa shape index (κ2) is 5.93. The van der Waals surface area contributed by atoms with Gasteiger partial charge in [-0.05, 0) is 49.8 Å². The van der Waals surface area contributed by atoms with Crippen LogP contribution in [-0.2, 0) is 11.3 Å². The van der Waals surface area contributed by atoms with E-state index in [1.165, 1.54) is 44.2 Å². The Morgan fingerprint density at radius 1 is 1.16 bits per heavy atom. The van der Waals surface area contributed by atoms with Gasteiger partial charge in [0.1, 0.15) is 0 Å². The van der Waals surface area contributed by atoms with E-state index in [9.17, 15) is 0 Å². The van der Waals surface area contributed by atoms with Gasteiger partial charge in [0.25, 0.3) is 0 Å². The molecule has 3 nitrogen and oxygen atoms in total. The lowest BCUT2D eigenvalue weighted by molar-refractivity contribution is 0.0896. The van der Waals surface area contributed by atoms with Gasteiger partial charge in [-0.15, -0.1) is 0 Å². The van der Waals surface area contributed by atoms with Crippen molar-refractivity contribution in [2.45, 2.75) is 50.8 Å². The highest BCUT2D eigenvalue weighted by molar-refractivity contribution is 5.39. The van der Waals surface area contributed by atoms with Gasteiger partial charge >= 0.3 is 0 Å². The highest BCUT2D eigenvalue weighted by atomic mass is 16.5. The molecule has 3 rings (SSSR count). The number of nitrogens with zero attached hydrogens (tertiary/aromatic N) is 1. The van der Waals surface area contributed by atoms with Crippen molar-refractivity contribution in [1.82, 2.24) is 4.90 Å². The average Bonchev–Trinajstić information content (AvgIpc) is 3.13. The van der Waals surface area contributed by atoms with Crippen LogP contribution in [0, 0.1) is 0 Å². The molecule has 2 N–H and O–H groups in total. The Bertz CT molecular complexity index is 394. The fraction of sp³-hybridized carbons (Fsp3) is 0.625. The van der Waals surface area contributed by atoms with Gasteiger partial charge < -0.3 is 10.5 Å². The lowest BCUT2D eigenvalue weighted by Gasteiger charge is -2.23. The van der Waals surface area contributed by atoms with Gasteiger partial charge in [-0.3, -0.25) is 4.90 Å². The van der Waals surface area contributed by atoms with Crippen LogP contribution in [0.15, 0.2) is 24.3 Å². The summed E-state index contributed by atoms with van der Waals surface area (Å²) in [6, 6.07) is 9.10. The van der Waals surface area contributed by atoms with Crippen LogP contribution >= 0.6 is 0 Å². The molecular weight excluding hydrogens is 236 g/mol. The molecule has 1 aromatic rings. The molecule has 1 heterocycles. The van der Waals surface area contributed by atoms with E-state index in [-0.39, 0.29) is 0 Å². The number of benzene rings is 1. The molecule has 104 valence electrons. The first-order valence-corrected chi connectivity index (χ1v) is 7.51. The van der Waals surface area contributed by atoms with E-state index in [1.807, 2.05) is 12.1 Å². The summed E-state index contributed by atoms with van der Waals surface area (Å²) in [6.07, 6.45) is 6.91. The average molecular weight is 260 g/mol. The minimum Gasteiger partial charge on any atom is -0.399 e. The second-order valence-corrected chi connectivity index (χ2v) is 5.87. The number of hydrogen-bond donors (Lipinski definition) is 1. The van der Waals surface area contributed by atoms with Gasteiger partial charge in [-0.2, -0.15) is 0 Å². The largest absolute Gasteiger partial charge is 0.399 e. The molecule has 19 heavy (non-hydrogen) atoms. The first kappa shape index (κ1) is 12.9. The molecule has 1 aromatic carbocycles. The monoisotopic (exact) mass is 260 g/mol. The zero-order valence-corrected chi connectivity index (χ0v) is 11.6. The van der Waals surface area contributed by atoms with E-state index in [2.05, 4.69) is 17.0 Å². The summed E-state index contributed by atoms with van der Waals surface area (Å²) >= 11 is 0. The van der Waals surface area contributed by atoms with E-state index in [0.717, 1.165) is 24.9 Å². The predicted octanol–water partition coefficient (Wildman–Crippen LogP) is 2.80. The Morgan fingerprint density at radius 3 is 2.58 bits per heavy atom. The van der Waals surface area contributed by atoms with Crippen LogP contribution in [0.3, 0.4) is 0 Å². The van der Waals surface area contributed by atoms with Gasteiger partial charge in [0.2, 0.25) is 0 Å². The van der Waals surface area contributed by atoms with Crippen molar-refractivity contribution in [3.63, 3.8) is 0 Å². The molecule has 3 heteroatoms. The van der Waals surface area contributed by atoms with Crippen molar-refractivity contribution < 1.29 is 4.74 Å². The van der Waals surface area contributed by atoms with Crippen LogP contribution in [-0.4, -0.2) is 30.2 Å². The molecule has 1 saturated heterocycles. The Morgan fingerprint density at radius 2 is 1.95 bits per heavy atom. The Kier molecular flexibility index (Phi) is 4.04. The zero-order chi connectivity index (χ0) is 13.1. The minimum absolute atomic E-state index is 0.507. The fourth-order valence-electron chi connectivity index (χ4n) is 2.87. The quantitative estimate of drug-likeness (QED) is 0.799. The summed E-state index contributed by atoms with van der Waals surface area (Å²) in [5, 5.41) is 0. The Balaban J connectivity index is 1.53. The minimum atomic E-state index is 0.507. The third-order valence-corrected chi connectivity index (χ3v) is 4.19. The van der Waals surface area contributed by atoms with Crippen molar-refractivity contribution >= 4 is 5.69 Å². The van der Waals surface area contributed by atoms with E-state index in [1.54, 1.807) is 0 Å². The van der Waals surface area contributed by atoms with E-state index in [4.69, 9.17) is 10.5 Å². The first-order chi connectivity index (χ1) is 9.31. The third-order valence-electron chi connectivity index (χ3n) is 4.19. The van der Waals surface area contributed by atoms with E-state index < -0.39 is 0 Å². The molecule has 0 amide bonds. The molecule has 2 fully saturated rings. The number of hydrogen-bond acceptors (Lipinski definition) is 3. The topological polar surface area (TPSA) is 38.5 Å². The fourth-order valence-corrected chi connectivity index (χ4v) is 2.87. The number of nitrogen functional groups attached to an aromatic ring is 1. The van der Waals surface area contributed by atoms with Gasteiger partial charge in [-0.1, -0.05) is 12.1 Å². The van der Waals surface area contributed by atoms with Gasteiger partial charge in [-0.25, -0.2) is 0 Å². The highest BCUT2D eigenvalue weighted by Gasteiger charge is 2.29. The first-order valence-electron chi connectivity index (χ1n) is 7.51. The molecule has 1 aliphatic heterocycles. The molecule has 0 spiro atoms. The molecule has 1 unspecified atom stereocenters. The van der Waals surface area contributed by atoms with Crippen LogP contribution in [0.4, 0.5) is 5.69 Å². The van der Waals surface area contributed by atoms with Gasteiger partial charge in [0.05, 0.1) is 6.10 Å². The maximum atomic E-state index is 5.74. The van der Waals surface area contributed by atoms with E-state index >= 15 is 0 Å². The highest BCUT2D eigenvalue weighted by Crippen LogP contribution is 2.29. The van der Waals surface area contributed by atoms with Crippen LogP contribution in [0.1, 0.15) is 37.7 Å². The Hall–Kier alpha value is -1.06. The summed E-state index contributed by atoms with van der Waals surface area (Å²) < 4.78 is 5.73. The number of rotatable bonds is 6. The molecule has 2 aliphatic rings. The summed E-state index contributed by atoms with van der Waals surface area (Å²) in [4.78, 5) is 2.62. The summed E-state index contributed by atoms with van der Waals surface area (Å²) in [7, 11) is 0. The third kappa shape index (κ3) is 3.71. The number of nitrogens with two attached hydrogens (primary N) is 1. The van der Waals surface area contributed by atoms with Crippen LogP contribution in [0.5, 0.6) is 0 Å². The molecule has 1 aliphatic carbocycles. The maximum Gasteiger partial charge on any atom is 0.0588 e.